The first-order valence-electron chi connectivity index (χ1n) is 7.18. The number of ether oxygens (including phenoxy) is 5. The van der Waals surface area contributed by atoms with Crippen LogP contribution in [0.25, 0.3) is 0 Å². The fourth-order valence-electron chi connectivity index (χ4n) is 1.90. The van der Waals surface area contributed by atoms with Crippen LogP contribution in [0, 0.1) is 5.41 Å². The second-order valence-electron chi connectivity index (χ2n) is 5.48. The predicted molar refractivity (Wildman–Crippen MR) is 70.7 cm³/mol. The van der Waals surface area contributed by atoms with Crippen LogP contribution in [0.4, 0.5) is 0 Å². The number of rotatable bonds is 13. The van der Waals surface area contributed by atoms with E-state index in [9.17, 15) is 4.79 Å². The lowest BCUT2D eigenvalue weighted by atomic mass is 9.88. The van der Waals surface area contributed by atoms with Gasteiger partial charge in [-0.3, -0.25) is 0 Å². The van der Waals surface area contributed by atoms with E-state index in [1.54, 1.807) is 0 Å². The van der Waals surface area contributed by atoms with E-state index >= 15 is 0 Å². The summed E-state index contributed by atoms with van der Waals surface area (Å²) in [5.41, 5.74) is -0.215. The molecule has 20 heavy (non-hydrogen) atoms. The molecule has 2 saturated heterocycles. The molecule has 0 aromatic carbocycles. The molecule has 0 N–H and O–H groups in total. The summed E-state index contributed by atoms with van der Waals surface area (Å²) in [7, 11) is 0. The Bertz CT molecular complexity index is 269. The minimum absolute atomic E-state index is 0.110. The molecule has 2 aliphatic heterocycles. The standard InChI is InChI=1S/C14H24O6/c1-2-14(9-16-4-3-15,10-17-5-12-7-19-12)11-18-6-13-8-20-13/h3,12-13H,2,4-11H2,1H3. The number of carbonyl (C=O) groups is 1. The third-order valence-corrected chi connectivity index (χ3v) is 3.57. The second-order valence-corrected chi connectivity index (χ2v) is 5.48. The minimum Gasteiger partial charge on any atom is -0.378 e. The summed E-state index contributed by atoms with van der Waals surface area (Å²) in [6, 6.07) is 0. The lowest BCUT2D eigenvalue weighted by Crippen LogP contribution is -2.38. The summed E-state index contributed by atoms with van der Waals surface area (Å²) in [6.45, 7) is 6.55. The predicted octanol–water partition coefficient (Wildman–Crippen LogP) is 0.429. The smallest absolute Gasteiger partial charge is 0.145 e. The molecule has 2 atom stereocenters. The highest BCUT2D eigenvalue weighted by molar-refractivity contribution is 5.50. The quantitative estimate of drug-likeness (QED) is 0.278. The topological polar surface area (TPSA) is 69.8 Å². The summed E-state index contributed by atoms with van der Waals surface area (Å²) in [5.74, 6) is 0. The Hall–Kier alpha value is -0.530. The molecule has 2 rings (SSSR count). The van der Waals surface area contributed by atoms with Crippen LogP contribution in [0.2, 0.25) is 0 Å². The first-order chi connectivity index (χ1) is 9.78. The zero-order valence-electron chi connectivity index (χ0n) is 12.0. The van der Waals surface area contributed by atoms with Gasteiger partial charge in [0.15, 0.2) is 0 Å². The molecule has 0 aliphatic carbocycles. The average molecular weight is 288 g/mol. The monoisotopic (exact) mass is 288 g/mol. The highest BCUT2D eigenvalue weighted by Crippen LogP contribution is 2.25. The molecule has 0 aromatic heterocycles. The Labute approximate surface area is 119 Å². The SMILES string of the molecule is CCC(COCC=O)(COCC1CO1)COCC1CO1. The summed E-state index contributed by atoms with van der Waals surface area (Å²) < 4.78 is 27.1. The molecule has 0 spiro atoms. The molecule has 0 bridgehead atoms. The maximum atomic E-state index is 10.4. The van der Waals surface area contributed by atoms with Crippen molar-refractivity contribution in [2.75, 3.05) is 52.9 Å². The molecule has 2 unspecified atom stereocenters. The van der Waals surface area contributed by atoms with Gasteiger partial charge in [-0.25, -0.2) is 0 Å². The molecule has 2 heterocycles. The van der Waals surface area contributed by atoms with Crippen molar-refractivity contribution in [2.24, 2.45) is 5.41 Å². The van der Waals surface area contributed by atoms with E-state index in [0.29, 0.717) is 33.0 Å². The van der Waals surface area contributed by atoms with E-state index in [1.807, 2.05) is 0 Å². The van der Waals surface area contributed by atoms with Crippen molar-refractivity contribution in [3.05, 3.63) is 0 Å². The van der Waals surface area contributed by atoms with Gasteiger partial charge in [0.2, 0.25) is 0 Å². The molecule has 0 amide bonds. The highest BCUT2D eigenvalue weighted by Gasteiger charge is 2.33. The molecule has 6 nitrogen and oxygen atoms in total. The van der Waals surface area contributed by atoms with E-state index in [1.165, 1.54) is 0 Å². The van der Waals surface area contributed by atoms with Gasteiger partial charge in [-0.2, -0.15) is 0 Å². The van der Waals surface area contributed by atoms with Crippen LogP contribution in [-0.4, -0.2) is 71.3 Å². The fourth-order valence-corrected chi connectivity index (χ4v) is 1.90. The molecular weight excluding hydrogens is 264 g/mol. The first kappa shape index (κ1) is 15.9. The Morgan fingerprint density at radius 2 is 1.55 bits per heavy atom. The van der Waals surface area contributed by atoms with E-state index < -0.39 is 0 Å². The van der Waals surface area contributed by atoms with Crippen LogP contribution in [0.3, 0.4) is 0 Å². The van der Waals surface area contributed by atoms with Crippen molar-refractivity contribution in [3.8, 4) is 0 Å². The van der Waals surface area contributed by atoms with Crippen molar-refractivity contribution in [2.45, 2.75) is 25.6 Å². The number of hydrogen-bond donors (Lipinski definition) is 0. The molecule has 0 radical (unpaired) electrons. The van der Waals surface area contributed by atoms with Gasteiger partial charge in [-0.05, 0) is 6.42 Å². The van der Waals surface area contributed by atoms with Gasteiger partial charge in [0.1, 0.15) is 25.1 Å². The lowest BCUT2D eigenvalue weighted by molar-refractivity contribution is -0.116. The zero-order chi connectivity index (χ0) is 14.3. The fraction of sp³-hybridized carbons (Fsp3) is 0.929. The maximum absolute atomic E-state index is 10.4. The van der Waals surface area contributed by atoms with Gasteiger partial charge < -0.3 is 28.5 Å². The van der Waals surface area contributed by atoms with Crippen LogP contribution in [0.5, 0.6) is 0 Å². The number of carbonyl (C=O) groups excluding carboxylic acids is 1. The molecule has 6 heteroatoms. The Balaban J connectivity index is 1.73. The summed E-state index contributed by atoms with van der Waals surface area (Å²) >= 11 is 0. The normalized spacial score (nSPS) is 27.1. The van der Waals surface area contributed by atoms with Gasteiger partial charge in [-0.1, -0.05) is 6.92 Å². The lowest BCUT2D eigenvalue weighted by Gasteiger charge is -2.31. The number of aldehydes is 1. The van der Waals surface area contributed by atoms with Crippen molar-refractivity contribution >= 4 is 6.29 Å². The van der Waals surface area contributed by atoms with Crippen molar-refractivity contribution in [3.63, 3.8) is 0 Å². The molecular formula is C14H24O6. The van der Waals surface area contributed by atoms with Crippen molar-refractivity contribution in [1.82, 2.24) is 0 Å². The first-order valence-corrected chi connectivity index (χ1v) is 7.18. The van der Waals surface area contributed by atoms with Crippen LogP contribution < -0.4 is 0 Å². The van der Waals surface area contributed by atoms with Gasteiger partial charge in [0, 0.05) is 5.41 Å². The van der Waals surface area contributed by atoms with Crippen LogP contribution in [0.15, 0.2) is 0 Å². The summed E-state index contributed by atoms with van der Waals surface area (Å²) in [6.07, 6.45) is 2.13. The Morgan fingerprint density at radius 3 is 1.95 bits per heavy atom. The maximum Gasteiger partial charge on any atom is 0.145 e. The molecule has 0 saturated carbocycles. The average Bonchev–Trinajstić information content (AvgIpc) is 3.33. The summed E-state index contributed by atoms with van der Waals surface area (Å²) in [4.78, 5) is 10.4. The van der Waals surface area contributed by atoms with Gasteiger partial charge in [0.25, 0.3) is 0 Å². The molecule has 116 valence electrons. The van der Waals surface area contributed by atoms with E-state index in [0.717, 1.165) is 25.9 Å². The third kappa shape index (κ3) is 5.85. The molecule has 2 aliphatic rings. The van der Waals surface area contributed by atoms with Crippen LogP contribution in [0.1, 0.15) is 13.3 Å². The largest absolute Gasteiger partial charge is 0.378 e. The second kappa shape index (κ2) is 8.05. The third-order valence-electron chi connectivity index (χ3n) is 3.57. The van der Waals surface area contributed by atoms with Crippen molar-refractivity contribution < 1.29 is 28.5 Å². The summed E-state index contributed by atoms with van der Waals surface area (Å²) in [5, 5.41) is 0. The molecule has 2 fully saturated rings. The van der Waals surface area contributed by atoms with E-state index in [4.69, 9.17) is 23.7 Å². The number of hydrogen-bond acceptors (Lipinski definition) is 6. The Kier molecular flexibility index (Phi) is 6.38. The minimum atomic E-state index is -0.215. The zero-order valence-corrected chi connectivity index (χ0v) is 12.0. The highest BCUT2D eigenvalue weighted by atomic mass is 16.6. The van der Waals surface area contributed by atoms with Crippen LogP contribution >= 0.6 is 0 Å². The number of epoxide rings is 2. The van der Waals surface area contributed by atoms with Gasteiger partial charge in [-0.15, -0.1) is 0 Å². The van der Waals surface area contributed by atoms with Crippen molar-refractivity contribution in [1.29, 1.82) is 0 Å². The Morgan fingerprint density at radius 1 is 1.05 bits per heavy atom. The van der Waals surface area contributed by atoms with Gasteiger partial charge in [0.05, 0.1) is 46.2 Å². The van der Waals surface area contributed by atoms with Crippen LogP contribution in [-0.2, 0) is 28.5 Å². The van der Waals surface area contributed by atoms with Gasteiger partial charge >= 0.3 is 0 Å². The van der Waals surface area contributed by atoms with E-state index in [2.05, 4.69) is 6.92 Å². The van der Waals surface area contributed by atoms with E-state index in [-0.39, 0.29) is 24.2 Å². The molecule has 0 aromatic rings.